The second-order valence-corrected chi connectivity index (χ2v) is 14.9. The largest absolute Gasteiger partial charge is 0.472 e. The van der Waals surface area contributed by atoms with Gasteiger partial charge in [-0.25, -0.2) is 4.57 Å². The predicted octanol–water partition coefficient (Wildman–Crippen LogP) is 12.4. The van der Waals surface area contributed by atoms with Crippen LogP contribution < -0.4 is 5.73 Å². The molecule has 0 rings (SSSR count). The number of unbranched alkanes of at least 4 members (excludes halogenated alkanes) is 15. The van der Waals surface area contributed by atoms with Gasteiger partial charge < -0.3 is 20.1 Å². The summed E-state index contributed by atoms with van der Waals surface area (Å²) in [5.41, 5.74) is 5.35. The molecule has 0 amide bonds. The van der Waals surface area contributed by atoms with Crippen LogP contribution in [-0.2, 0) is 27.9 Å². The minimum atomic E-state index is -4.30. The van der Waals surface area contributed by atoms with Gasteiger partial charge in [-0.3, -0.25) is 13.8 Å². The van der Waals surface area contributed by atoms with Crippen molar-refractivity contribution in [3.63, 3.8) is 0 Å². The maximum atomic E-state index is 12.5. The number of phosphoric acid groups is 1. The van der Waals surface area contributed by atoms with Crippen molar-refractivity contribution in [2.75, 3.05) is 33.0 Å². The molecule has 0 aliphatic heterocycles. The smallest absolute Gasteiger partial charge is 0.457 e. The van der Waals surface area contributed by atoms with Crippen molar-refractivity contribution in [3.8, 4) is 0 Å². The van der Waals surface area contributed by atoms with E-state index in [1.165, 1.54) is 96.3 Å². The number of nitrogens with two attached hydrogens (primary N) is 1. The number of phosphoric ester groups is 1. The topological polar surface area (TPSA) is 117 Å². The van der Waals surface area contributed by atoms with E-state index < -0.39 is 19.9 Å². The minimum Gasteiger partial charge on any atom is -0.457 e. The van der Waals surface area contributed by atoms with Crippen molar-refractivity contribution < 1.29 is 32.8 Å². The highest BCUT2D eigenvalue weighted by atomic mass is 31.2. The van der Waals surface area contributed by atoms with Crippen LogP contribution >= 0.6 is 7.82 Å². The molecule has 3 N–H and O–H groups in total. The van der Waals surface area contributed by atoms with E-state index >= 15 is 0 Å². The van der Waals surface area contributed by atoms with Crippen molar-refractivity contribution in [1.82, 2.24) is 0 Å². The number of carbonyl (C=O) groups excluding carboxylic acids is 1. The molecule has 8 nitrogen and oxygen atoms in total. The van der Waals surface area contributed by atoms with Gasteiger partial charge >= 0.3 is 13.8 Å². The van der Waals surface area contributed by atoms with Crippen LogP contribution in [0.1, 0.15) is 162 Å². The molecule has 0 aromatic carbocycles. The maximum absolute atomic E-state index is 12.5. The lowest BCUT2D eigenvalue weighted by molar-refractivity contribution is -0.153. The molecule has 0 radical (unpaired) electrons. The van der Waals surface area contributed by atoms with E-state index in [2.05, 4.69) is 74.6 Å². The summed E-state index contributed by atoms with van der Waals surface area (Å²) in [6.07, 6.45) is 50.9. The molecule has 0 saturated heterocycles. The molecule has 0 aromatic rings. The first-order valence-corrected chi connectivity index (χ1v) is 22.4. The second-order valence-electron chi connectivity index (χ2n) is 13.5. The van der Waals surface area contributed by atoms with Crippen LogP contribution in [-0.4, -0.2) is 49.9 Å². The molecular formula is C44H78NO7P. The third kappa shape index (κ3) is 41.0. The second kappa shape index (κ2) is 41.1. The van der Waals surface area contributed by atoms with Crippen LogP contribution in [0.5, 0.6) is 0 Å². The van der Waals surface area contributed by atoms with E-state index in [1.54, 1.807) is 6.08 Å². The monoisotopic (exact) mass is 764 g/mol. The molecule has 9 heteroatoms. The molecule has 0 fully saturated rings. The van der Waals surface area contributed by atoms with Crippen molar-refractivity contribution >= 4 is 13.8 Å². The van der Waals surface area contributed by atoms with Crippen molar-refractivity contribution in [1.29, 1.82) is 0 Å². The van der Waals surface area contributed by atoms with Gasteiger partial charge in [0.1, 0.15) is 6.10 Å². The number of rotatable bonds is 39. The van der Waals surface area contributed by atoms with E-state index in [-0.39, 0.29) is 32.8 Å². The highest BCUT2D eigenvalue weighted by Gasteiger charge is 2.25. The lowest BCUT2D eigenvalue weighted by Gasteiger charge is -2.19. The number of hydrogen-bond acceptors (Lipinski definition) is 7. The van der Waals surface area contributed by atoms with Gasteiger partial charge in [-0.1, -0.05) is 164 Å². The summed E-state index contributed by atoms with van der Waals surface area (Å²) >= 11 is 0. The summed E-state index contributed by atoms with van der Waals surface area (Å²) in [6, 6.07) is 0. The summed E-state index contributed by atoms with van der Waals surface area (Å²) in [5, 5.41) is 0. The van der Waals surface area contributed by atoms with Gasteiger partial charge in [-0.2, -0.15) is 0 Å². The Hall–Kier alpha value is -2.06. The Labute approximate surface area is 325 Å². The zero-order valence-electron chi connectivity index (χ0n) is 33.7. The average Bonchev–Trinajstić information content (AvgIpc) is 3.15. The number of ether oxygens (including phenoxy) is 2. The predicted molar refractivity (Wildman–Crippen MR) is 224 cm³/mol. The number of hydrogen-bond donors (Lipinski definition) is 2. The molecule has 2 atom stereocenters. The van der Waals surface area contributed by atoms with Crippen LogP contribution in [0.25, 0.3) is 0 Å². The van der Waals surface area contributed by atoms with E-state index in [1.807, 2.05) is 6.08 Å². The van der Waals surface area contributed by atoms with Gasteiger partial charge in [-0.05, 0) is 64.2 Å². The fourth-order valence-corrected chi connectivity index (χ4v) is 6.13. The highest BCUT2D eigenvalue weighted by Crippen LogP contribution is 2.43. The summed E-state index contributed by atoms with van der Waals surface area (Å²) in [7, 11) is -4.30. The van der Waals surface area contributed by atoms with Crippen LogP contribution in [0.15, 0.2) is 72.9 Å². The van der Waals surface area contributed by atoms with E-state index in [4.69, 9.17) is 24.3 Å². The maximum Gasteiger partial charge on any atom is 0.472 e. The molecule has 0 spiro atoms. The standard InChI is InChI=1S/C44H78NO7P/c1-3-5-7-9-11-13-15-17-19-20-21-22-24-26-28-30-32-34-36-39-49-41-43(42-51-53(47,48)50-40-38-45)52-44(46)37-35-33-31-29-27-25-23-18-16-14-12-10-8-6-4-2/h6,8,12,14,18-20,23,27,29,33,35,43H,3-5,7,9-11,13,15-17,21-22,24-26,28,30-32,34,36-42,45H2,1-2H3,(H,47,48)/b8-6-,14-12-,20-19-,23-18-,29-27-,35-33-. The first kappa shape index (κ1) is 50.9. The average molecular weight is 764 g/mol. The number of allylic oxidation sites excluding steroid dienone is 11. The van der Waals surface area contributed by atoms with E-state index in [9.17, 15) is 14.3 Å². The Balaban J connectivity index is 4.16. The number of carbonyl (C=O) groups is 1. The van der Waals surface area contributed by atoms with Gasteiger partial charge in [-0.15, -0.1) is 0 Å². The first-order valence-electron chi connectivity index (χ1n) is 20.9. The first-order chi connectivity index (χ1) is 25.9. The lowest BCUT2D eigenvalue weighted by Crippen LogP contribution is -2.28. The third-order valence-corrected chi connectivity index (χ3v) is 9.37. The van der Waals surface area contributed by atoms with Gasteiger partial charge in [0.25, 0.3) is 0 Å². The SMILES string of the molecule is CC/C=C\C/C=C\C/C=C\C/C=C\C/C=C\CC(=O)OC(COCCCCCCCCCC/C=C\CCCCCCCCC)COP(=O)(O)OCCN. The Morgan fingerprint density at radius 3 is 1.57 bits per heavy atom. The summed E-state index contributed by atoms with van der Waals surface area (Å²) in [4.78, 5) is 22.4. The van der Waals surface area contributed by atoms with Crippen LogP contribution in [0.4, 0.5) is 0 Å². The Kier molecular flexibility index (Phi) is 39.5. The van der Waals surface area contributed by atoms with Crippen LogP contribution in [0.3, 0.4) is 0 Å². The molecule has 0 saturated carbocycles. The number of esters is 1. The highest BCUT2D eigenvalue weighted by molar-refractivity contribution is 7.47. The lowest BCUT2D eigenvalue weighted by atomic mass is 10.1. The van der Waals surface area contributed by atoms with Gasteiger partial charge in [0.15, 0.2) is 0 Å². The van der Waals surface area contributed by atoms with Crippen molar-refractivity contribution in [3.05, 3.63) is 72.9 Å². The quantitative estimate of drug-likeness (QED) is 0.0275. The molecule has 306 valence electrons. The van der Waals surface area contributed by atoms with Crippen molar-refractivity contribution in [2.45, 2.75) is 168 Å². The molecule has 0 bridgehead atoms. The Morgan fingerprint density at radius 2 is 1.06 bits per heavy atom. The molecule has 53 heavy (non-hydrogen) atoms. The summed E-state index contributed by atoms with van der Waals surface area (Å²) < 4.78 is 33.2. The molecular weight excluding hydrogens is 685 g/mol. The minimum absolute atomic E-state index is 0.0712. The molecule has 0 aromatic heterocycles. The fourth-order valence-electron chi connectivity index (χ4n) is 5.36. The van der Waals surface area contributed by atoms with E-state index in [0.717, 1.165) is 38.5 Å². The van der Waals surface area contributed by atoms with Crippen LogP contribution in [0.2, 0.25) is 0 Å². The summed E-state index contributed by atoms with van der Waals surface area (Å²) in [6.45, 7) is 4.65. The normalized spacial score (nSPS) is 14.3. The van der Waals surface area contributed by atoms with Gasteiger partial charge in [0.2, 0.25) is 0 Å². The Bertz CT molecular complexity index is 1040. The fraction of sp³-hybridized carbons (Fsp3) is 0.705. The van der Waals surface area contributed by atoms with Gasteiger partial charge in [0.05, 0.1) is 26.2 Å². The van der Waals surface area contributed by atoms with Crippen molar-refractivity contribution in [2.24, 2.45) is 5.73 Å². The molecule has 0 aliphatic carbocycles. The third-order valence-electron chi connectivity index (χ3n) is 8.39. The zero-order chi connectivity index (χ0) is 38.8. The summed E-state index contributed by atoms with van der Waals surface area (Å²) in [5.74, 6) is -0.459. The van der Waals surface area contributed by atoms with E-state index in [0.29, 0.717) is 13.0 Å². The molecule has 0 aliphatic rings. The molecule has 2 unspecified atom stereocenters. The zero-order valence-corrected chi connectivity index (χ0v) is 34.6. The van der Waals surface area contributed by atoms with Gasteiger partial charge in [0, 0.05) is 13.2 Å². The Morgan fingerprint density at radius 1 is 0.585 bits per heavy atom. The van der Waals surface area contributed by atoms with Crippen LogP contribution in [0, 0.1) is 0 Å². The molecule has 0 heterocycles.